The average Bonchev–Trinajstić information content (AvgIpc) is 2.87. The van der Waals surface area contributed by atoms with E-state index in [9.17, 15) is 4.79 Å². The van der Waals surface area contributed by atoms with Crippen molar-refractivity contribution in [2.45, 2.75) is 52.2 Å². The van der Waals surface area contributed by atoms with Gasteiger partial charge in [-0.1, -0.05) is 0 Å². The van der Waals surface area contributed by atoms with Crippen molar-refractivity contribution < 1.29 is 9.53 Å². The lowest BCUT2D eigenvalue weighted by Gasteiger charge is -2.19. The molecule has 1 heterocycles. The minimum Gasteiger partial charge on any atom is -0.444 e. The van der Waals surface area contributed by atoms with Gasteiger partial charge in [-0.05, 0) is 53.1 Å². The minimum absolute atomic E-state index is 0.345. The molecule has 0 unspecified atom stereocenters. The molecule has 0 saturated carbocycles. The Balaban J connectivity index is 1.85. The van der Waals surface area contributed by atoms with E-state index < -0.39 is 5.60 Å². The number of nitrogens with zero attached hydrogens (tertiary/aromatic N) is 2. The molecule has 1 aromatic heterocycles. The van der Waals surface area contributed by atoms with E-state index >= 15 is 0 Å². The summed E-state index contributed by atoms with van der Waals surface area (Å²) in [5.74, 6) is 0. The predicted molar refractivity (Wildman–Crippen MR) is 83.2 cm³/mol. The molecular formula is C15H28N4O2. The Hall–Kier alpha value is -1.56. The van der Waals surface area contributed by atoms with Crippen LogP contribution in [-0.4, -0.2) is 40.9 Å². The molecule has 0 aliphatic carbocycles. The summed E-state index contributed by atoms with van der Waals surface area (Å²) < 4.78 is 7.24. The molecule has 0 spiro atoms. The first-order valence-corrected chi connectivity index (χ1v) is 7.61. The molecule has 0 aromatic carbocycles. The summed E-state index contributed by atoms with van der Waals surface area (Å²) in [4.78, 5) is 15.4. The number of carbonyl (C=O) groups is 1. The zero-order valence-corrected chi connectivity index (χ0v) is 13.4. The van der Waals surface area contributed by atoms with Crippen LogP contribution in [0.3, 0.4) is 0 Å². The van der Waals surface area contributed by atoms with E-state index in [1.54, 1.807) is 6.20 Å². The monoisotopic (exact) mass is 296 g/mol. The number of carbonyl (C=O) groups excluding carboxylic acids is 1. The van der Waals surface area contributed by atoms with Gasteiger partial charge in [0.2, 0.25) is 0 Å². The highest BCUT2D eigenvalue weighted by molar-refractivity contribution is 5.67. The van der Waals surface area contributed by atoms with Crippen LogP contribution in [0, 0.1) is 0 Å². The van der Waals surface area contributed by atoms with Gasteiger partial charge in [0.15, 0.2) is 0 Å². The van der Waals surface area contributed by atoms with Gasteiger partial charge in [-0.3, -0.25) is 0 Å². The first kappa shape index (κ1) is 17.5. The molecule has 0 fully saturated rings. The lowest BCUT2D eigenvalue weighted by Crippen LogP contribution is -2.34. The van der Waals surface area contributed by atoms with Crippen molar-refractivity contribution in [1.82, 2.24) is 20.2 Å². The molecule has 1 aromatic rings. The van der Waals surface area contributed by atoms with Gasteiger partial charge in [0, 0.05) is 25.5 Å². The van der Waals surface area contributed by atoms with Crippen molar-refractivity contribution in [1.29, 1.82) is 0 Å². The number of aromatic nitrogens is 2. The van der Waals surface area contributed by atoms with Crippen LogP contribution in [0.25, 0.3) is 0 Å². The maximum atomic E-state index is 11.4. The van der Waals surface area contributed by atoms with Crippen LogP contribution in [0.15, 0.2) is 18.7 Å². The summed E-state index contributed by atoms with van der Waals surface area (Å²) >= 11 is 0. The third-order valence-corrected chi connectivity index (χ3v) is 2.78. The summed E-state index contributed by atoms with van der Waals surface area (Å²) in [5, 5.41) is 6.12. The van der Waals surface area contributed by atoms with E-state index in [2.05, 4.69) is 20.2 Å². The van der Waals surface area contributed by atoms with Crippen molar-refractivity contribution in [3.05, 3.63) is 18.7 Å². The molecule has 6 heteroatoms. The highest BCUT2D eigenvalue weighted by Gasteiger charge is 2.15. The van der Waals surface area contributed by atoms with Crippen LogP contribution in [0.4, 0.5) is 4.79 Å². The van der Waals surface area contributed by atoms with E-state index in [1.165, 1.54) is 0 Å². The molecule has 6 nitrogen and oxygen atoms in total. The number of imidazole rings is 1. The van der Waals surface area contributed by atoms with Crippen molar-refractivity contribution in [2.24, 2.45) is 0 Å². The molecule has 0 saturated heterocycles. The Kier molecular flexibility index (Phi) is 7.82. The lowest BCUT2D eigenvalue weighted by atomic mass is 10.2. The van der Waals surface area contributed by atoms with Gasteiger partial charge < -0.3 is 19.9 Å². The number of rotatable bonds is 9. The third-order valence-electron chi connectivity index (χ3n) is 2.78. The molecule has 1 amide bonds. The van der Waals surface area contributed by atoms with Gasteiger partial charge in [0.05, 0.1) is 6.33 Å². The van der Waals surface area contributed by atoms with Crippen molar-refractivity contribution >= 4 is 6.09 Å². The summed E-state index contributed by atoms with van der Waals surface area (Å²) in [7, 11) is 0. The molecule has 0 atom stereocenters. The lowest BCUT2D eigenvalue weighted by molar-refractivity contribution is 0.0527. The Morgan fingerprint density at radius 1 is 1.19 bits per heavy atom. The van der Waals surface area contributed by atoms with Crippen LogP contribution >= 0.6 is 0 Å². The number of nitrogens with one attached hydrogen (secondary N) is 2. The van der Waals surface area contributed by atoms with Crippen molar-refractivity contribution in [3.63, 3.8) is 0 Å². The number of aryl methyl sites for hydroxylation is 1. The topological polar surface area (TPSA) is 68.2 Å². The highest BCUT2D eigenvalue weighted by atomic mass is 16.6. The smallest absolute Gasteiger partial charge is 0.407 e. The number of alkyl carbamates (subject to hydrolysis) is 1. The number of unbranched alkanes of at least 4 members (excludes halogenated alkanes) is 1. The summed E-state index contributed by atoms with van der Waals surface area (Å²) in [6, 6.07) is 0. The molecule has 0 aliphatic rings. The first-order valence-electron chi connectivity index (χ1n) is 7.61. The van der Waals surface area contributed by atoms with E-state index in [-0.39, 0.29) is 6.09 Å². The molecular weight excluding hydrogens is 268 g/mol. The summed E-state index contributed by atoms with van der Waals surface area (Å²) in [6.45, 7) is 9.13. The van der Waals surface area contributed by atoms with Crippen LogP contribution in [0.5, 0.6) is 0 Å². The fraction of sp³-hybridized carbons (Fsp3) is 0.733. The average molecular weight is 296 g/mol. The van der Waals surface area contributed by atoms with Crippen LogP contribution in [-0.2, 0) is 11.3 Å². The van der Waals surface area contributed by atoms with Crippen LogP contribution in [0.2, 0.25) is 0 Å². The first-order chi connectivity index (χ1) is 9.97. The number of hydrogen-bond acceptors (Lipinski definition) is 4. The number of hydrogen-bond donors (Lipinski definition) is 2. The van der Waals surface area contributed by atoms with Crippen LogP contribution in [0.1, 0.15) is 40.0 Å². The summed E-state index contributed by atoms with van der Waals surface area (Å²) in [5.41, 5.74) is -0.433. The van der Waals surface area contributed by atoms with Gasteiger partial charge in [-0.2, -0.15) is 0 Å². The maximum Gasteiger partial charge on any atom is 0.407 e. The number of amides is 1. The molecule has 21 heavy (non-hydrogen) atoms. The maximum absolute atomic E-state index is 11.4. The number of ether oxygens (including phenoxy) is 1. The zero-order valence-electron chi connectivity index (χ0n) is 13.4. The van der Waals surface area contributed by atoms with Gasteiger partial charge in [-0.25, -0.2) is 9.78 Å². The third kappa shape index (κ3) is 9.90. The van der Waals surface area contributed by atoms with E-state index in [0.29, 0.717) is 6.54 Å². The standard InChI is InChI=1S/C15H28N4O2/c1-15(2,3)21-14(20)18-9-6-8-16-7-4-5-11-19-12-10-17-13-19/h10,12-13,16H,4-9,11H2,1-3H3,(H,18,20). The molecule has 2 N–H and O–H groups in total. The second kappa shape index (κ2) is 9.39. The molecule has 1 rings (SSSR count). The van der Waals surface area contributed by atoms with Gasteiger partial charge in [0.25, 0.3) is 0 Å². The molecule has 0 radical (unpaired) electrons. The molecule has 120 valence electrons. The van der Waals surface area contributed by atoms with Crippen LogP contribution < -0.4 is 10.6 Å². The van der Waals surface area contributed by atoms with Gasteiger partial charge in [0.1, 0.15) is 5.60 Å². The fourth-order valence-electron chi connectivity index (χ4n) is 1.81. The Morgan fingerprint density at radius 2 is 1.95 bits per heavy atom. The quantitative estimate of drug-likeness (QED) is 0.685. The minimum atomic E-state index is -0.433. The second-order valence-electron chi connectivity index (χ2n) is 6.04. The summed E-state index contributed by atoms with van der Waals surface area (Å²) in [6.07, 6.45) is 8.46. The molecule has 0 bridgehead atoms. The normalized spacial score (nSPS) is 11.4. The largest absolute Gasteiger partial charge is 0.444 e. The second-order valence-corrected chi connectivity index (χ2v) is 6.04. The Morgan fingerprint density at radius 3 is 2.62 bits per heavy atom. The highest BCUT2D eigenvalue weighted by Crippen LogP contribution is 2.06. The SMILES string of the molecule is CC(C)(C)OC(=O)NCCCNCCCCn1ccnc1. The fourth-order valence-corrected chi connectivity index (χ4v) is 1.81. The Labute approximate surface area is 127 Å². The zero-order chi connectivity index (χ0) is 15.6. The van der Waals surface area contributed by atoms with Gasteiger partial charge >= 0.3 is 6.09 Å². The van der Waals surface area contributed by atoms with E-state index in [4.69, 9.17) is 4.74 Å². The Bertz CT molecular complexity index is 385. The van der Waals surface area contributed by atoms with E-state index in [1.807, 2.05) is 33.3 Å². The molecule has 0 aliphatic heterocycles. The van der Waals surface area contributed by atoms with Gasteiger partial charge in [-0.15, -0.1) is 0 Å². The van der Waals surface area contributed by atoms with Crippen molar-refractivity contribution in [3.8, 4) is 0 Å². The predicted octanol–water partition coefficient (Wildman–Crippen LogP) is 2.17. The van der Waals surface area contributed by atoms with E-state index in [0.717, 1.165) is 38.9 Å². The van der Waals surface area contributed by atoms with Crippen molar-refractivity contribution in [2.75, 3.05) is 19.6 Å².